The van der Waals surface area contributed by atoms with Crippen molar-refractivity contribution in [2.24, 2.45) is 0 Å². The molecule has 3 N–H and O–H groups in total. The Balaban J connectivity index is 3.42. The number of amides is 1. The number of aliphatic hydroxyl groups excluding tert-OH is 2. The highest BCUT2D eigenvalue weighted by molar-refractivity contribution is 5.76. The van der Waals surface area contributed by atoms with Crippen LogP contribution in [0.3, 0.4) is 0 Å². The van der Waals surface area contributed by atoms with Gasteiger partial charge in [-0.05, 0) is 57.8 Å². The summed E-state index contributed by atoms with van der Waals surface area (Å²) in [4.78, 5) is 24.6. The number of unbranched alkanes of at least 4 members (excludes halogenated alkanes) is 50. The Morgan fingerprint density at radius 2 is 0.658 bits per heavy atom. The van der Waals surface area contributed by atoms with Crippen molar-refractivity contribution < 1.29 is 24.5 Å². The van der Waals surface area contributed by atoms with Gasteiger partial charge in [0, 0.05) is 12.8 Å². The normalized spacial score (nSPS) is 12.6. The first-order valence-corrected chi connectivity index (χ1v) is 34.6. The van der Waals surface area contributed by atoms with E-state index in [0.29, 0.717) is 25.9 Å². The van der Waals surface area contributed by atoms with Crippen LogP contribution in [-0.2, 0) is 14.3 Å². The van der Waals surface area contributed by atoms with Crippen molar-refractivity contribution in [1.82, 2.24) is 5.32 Å². The summed E-state index contributed by atoms with van der Waals surface area (Å²) in [6.45, 7) is 4.99. The fourth-order valence-corrected chi connectivity index (χ4v) is 11.0. The maximum atomic E-state index is 12.5. The van der Waals surface area contributed by atoms with Gasteiger partial charge in [-0.25, -0.2) is 0 Å². The second-order valence-electron chi connectivity index (χ2n) is 23.9. The molecule has 0 aromatic heterocycles. The molecule has 2 unspecified atom stereocenters. The summed E-state index contributed by atoms with van der Waals surface area (Å²) < 4.78 is 5.50. The highest BCUT2D eigenvalue weighted by atomic mass is 16.5. The standard InChI is InChI=1S/C70H135NO5/c1-3-5-7-9-11-13-15-17-19-21-31-34-38-42-46-50-54-58-62-68(73)67(66-72)71-69(74)63-59-55-51-47-43-39-35-32-29-27-25-23-22-24-26-28-30-33-37-41-45-49-53-57-61-65-76-70(75)64-60-56-52-48-44-40-36-20-18-16-14-12-10-8-6-4-2/h23-26,67-68,72-73H,3-22,27-66H2,1-2H3,(H,71,74)/b25-23-,26-24-. The van der Waals surface area contributed by atoms with E-state index in [2.05, 4.69) is 43.5 Å². The third kappa shape index (κ3) is 61.6. The molecule has 0 aliphatic carbocycles. The minimum atomic E-state index is -0.669. The van der Waals surface area contributed by atoms with Gasteiger partial charge in [0.05, 0.1) is 25.4 Å². The zero-order chi connectivity index (χ0) is 55.0. The van der Waals surface area contributed by atoms with E-state index >= 15 is 0 Å². The number of aliphatic hydroxyl groups is 2. The molecule has 0 saturated heterocycles. The number of allylic oxidation sites excluding steroid dienone is 4. The van der Waals surface area contributed by atoms with Crippen LogP contribution in [0.15, 0.2) is 24.3 Å². The fraction of sp³-hybridized carbons (Fsp3) is 0.914. The minimum Gasteiger partial charge on any atom is -0.466 e. The predicted octanol–water partition coefficient (Wildman–Crippen LogP) is 22.1. The number of hydrogen-bond donors (Lipinski definition) is 3. The van der Waals surface area contributed by atoms with Crippen molar-refractivity contribution in [3.8, 4) is 0 Å². The van der Waals surface area contributed by atoms with Crippen LogP contribution < -0.4 is 5.32 Å². The highest BCUT2D eigenvalue weighted by Gasteiger charge is 2.20. The average Bonchev–Trinajstić information content (AvgIpc) is 3.42. The average molecular weight is 1070 g/mol. The molecule has 0 aromatic rings. The van der Waals surface area contributed by atoms with Crippen LogP contribution in [0.25, 0.3) is 0 Å². The third-order valence-electron chi connectivity index (χ3n) is 16.3. The van der Waals surface area contributed by atoms with Crippen molar-refractivity contribution in [2.45, 2.75) is 398 Å². The number of ether oxygens (including phenoxy) is 1. The summed E-state index contributed by atoms with van der Waals surface area (Å²) in [6.07, 6.45) is 82.1. The van der Waals surface area contributed by atoms with E-state index in [1.54, 1.807) is 0 Å². The van der Waals surface area contributed by atoms with Gasteiger partial charge in [0.15, 0.2) is 0 Å². The molecule has 1 amide bonds. The van der Waals surface area contributed by atoms with Crippen LogP contribution in [0.4, 0.5) is 0 Å². The largest absolute Gasteiger partial charge is 0.466 e. The maximum Gasteiger partial charge on any atom is 0.305 e. The van der Waals surface area contributed by atoms with Crippen molar-refractivity contribution in [2.75, 3.05) is 13.2 Å². The van der Waals surface area contributed by atoms with Gasteiger partial charge in [-0.1, -0.05) is 340 Å². The van der Waals surface area contributed by atoms with Crippen LogP contribution in [0.1, 0.15) is 386 Å². The van der Waals surface area contributed by atoms with Crippen LogP contribution in [0.2, 0.25) is 0 Å². The van der Waals surface area contributed by atoms with Gasteiger partial charge in [-0.15, -0.1) is 0 Å². The van der Waals surface area contributed by atoms with Gasteiger partial charge in [-0.3, -0.25) is 9.59 Å². The molecule has 0 rings (SSSR count). The summed E-state index contributed by atoms with van der Waals surface area (Å²) in [5.74, 6) is -0.0244. The quantitative estimate of drug-likeness (QED) is 0.0320. The fourth-order valence-electron chi connectivity index (χ4n) is 11.0. The van der Waals surface area contributed by atoms with Crippen molar-refractivity contribution >= 4 is 11.9 Å². The van der Waals surface area contributed by atoms with E-state index < -0.39 is 12.1 Å². The first-order valence-electron chi connectivity index (χ1n) is 34.6. The molecule has 6 nitrogen and oxygen atoms in total. The lowest BCUT2D eigenvalue weighted by molar-refractivity contribution is -0.143. The second-order valence-corrected chi connectivity index (χ2v) is 23.9. The summed E-state index contributed by atoms with van der Waals surface area (Å²) in [7, 11) is 0. The molecule has 0 spiro atoms. The Hall–Kier alpha value is -1.66. The molecule has 2 atom stereocenters. The van der Waals surface area contributed by atoms with Gasteiger partial charge in [0.25, 0.3) is 0 Å². The Morgan fingerprint density at radius 3 is 1.00 bits per heavy atom. The number of rotatable bonds is 65. The van der Waals surface area contributed by atoms with E-state index in [-0.39, 0.29) is 18.5 Å². The van der Waals surface area contributed by atoms with E-state index in [1.165, 1.54) is 308 Å². The van der Waals surface area contributed by atoms with Crippen molar-refractivity contribution in [1.29, 1.82) is 0 Å². The zero-order valence-corrected chi connectivity index (χ0v) is 51.5. The van der Waals surface area contributed by atoms with Crippen molar-refractivity contribution in [3.05, 3.63) is 24.3 Å². The molecule has 0 aliphatic rings. The monoisotopic (exact) mass is 1070 g/mol. The Kier molecular flexibility index (Phi) is 64.4. The molecule has 0 aliphatic heterocycles. The summed E-state index contributed by atoms with van der Waals surface area (Å²) in [5.41, 5.74) is 0. The molecule has 0 radical (unpaired) electrons. The number of carbonyl (C=O) groups excluding carboxylic acids is 2. The van der Waals surface area contributed by atoms with Gasteiger partial charge in [0.1, 0.15) is 0 Å². The molecular formula is C70H135NO5. The lowest BCUT2D eigenvalue weighted by atomic mass is 10.0. The first kappa shape index (κ1) is 74.3. The Morgan fingerprint density at radius 1 is 0.368 bits per heavy atom. The predicted molar refractivity (Wildman–Crippen MR) is 333 cm³/mol. The summed E-state index contributed by atoms with van der Waals surface area (Å²) in [6, 6.07) is -0.546. The molecule has 0 heterocycles. The second kappa shape index (κ2) is 65.9. The minimum absolute atomic E-state index is 0.0132. The molecule has 0 saturated carbocycles. The van der Waals surface area contributed by atoms with Gasteiger partial charge < -0.3 is 20.3 Å². The highest BCUT2D eigenvalue weighted by Crippen LogP contribution is 2.19. The molecule has 0 bridgehead atoms. The molecule has 0 fully saturated rings. The van der Waals surface area contributed by atoms with Crippen LogP contribution in [-0.4, -0.2) is 47.4 Å². The van der Waals surface area contributed by atoms with Gasteiger partial charge in [0.2, 0.25) is 5.91 Å². The van der Waals surface area contributed by atoms with E-state index in [4.69, 9.17) is 4.74 Å². The molecule has 450 valence electrons. The van der Waals surface area contributed by atoms with Gasteiger partial charge >= 0.3 is 5.97 Å². The molecule has 0 aromatic carbocycles. The first-order chi connectivity index (χ1) is 37.5. The maximum absolute atomic E-state index is 12.5. The smallest absolute Gasteiger partial charge is 0.305 e. The number of esters is 1. The summed E-state index contributed by atoms with van der Waals surface area (Å²) >= 11 is 0. The Labute approximate surface area is 475 Å². The summed E-state index contributed by atoms with van der Waals surface area (Å²) in [5, 5.41) is 23.4. The topological polar surface area (TPSA) is 95.9 Å². The van der Waals surface area contributed by atoms with Crippen LogP contribution in [0, 0.1) is 0 Å². The SMILES string of the molecule is CCCCCCCCCCCCCCCCCCCCC(O)C(CO)NC(=O)CCCCCCCCCCC/C=C\C/C=C\CCCCCCCCCCCOC(=O)CCCCCCCCCCCCCCCCCC. The van der Waals surface area contributed by atoms with E-state index in [0.717, 1.165) is 44.9 Å². The van der Waals surface area contributed by atoms with E-state index in [1.807, 2.05) is 0 Å². The zero-order valence-electron chi connectivity index (χ0n) is 51.5. The van der Waals surface area contributed by atoms with Crippen molar-refractivity contribution in [3.63, 3.8) is 0 Å². The number of nitrogens with one attached hydrogen (secondary N) is 1. The van der Waals surface area contributed by atoms with E-state index in [9.17, 15) is 19.8 Å². The Bertz CT molecular complexity index is 1190. The molecule has 6 heteroatoms. The third-order valence-corrected chi connectivity index (χ3v) is 16.3. The van der Waals surface area contributed by atoms with Crippen LogP contribution >= 0.6 is 0 Å². The molecular weight excluding hydrogens is 935 g/mol. The van der Waals surface area contributed by atoms with Crippen LogP contribution in [0.5, 0.6) is 0 Å². The lowest BCUT2D eigenvalue weighted by Gasteiger charge is -2.22. The molecule has 76 heavy (non-hydrogen) atoms. The number of carbonyl (C=O) groups is 2. The lowest BCUT2D eigenvalue weighted by Crippen LogP contribution is -2.45. The number of hydrogen-bond acceptors (Lipinski definition) is 5. The van der Waals surface area contributed by atoms with Gasteiger partial charge in [-0.2, -0.15) is 0 Å².